The Hall–Kier alpha value is -1.11. The monoisotopic (exact) mass is 190 g/mol. The van der Waals surface area contributed by atoms with E-state index in [2.05, 4.69) is 13.0 Å². The molecule has 0 unspecified atom stereocenters. The number of hydrogen-bond acceptors (Lipinski definition) is 0. The molecule has 1 aromatic rings. The van der Waals surface area contributed by atoms with E-state index in [-0.39, 0.29) is 5.82 Å². The topological polar surface area (TPSA) is 0 Å². The lowest BCUT2D eigenvalue weighted by atomic mass is 9.90. The second-order valence-corrected chi connectivity index (χ2v) is 3.86. The molecule has 0 radical (unpaired) electrons. The highest BCUT2D eigenvalue weighted by atomic mass is 19.1. The number of fused-ring (bicyclic) bond motifs is 1. The molecule has 0 nitrogen and oxygen atoms in total. The van der Waals surface area contributed by atoms with E-state index in [9.17, 15) is 4.39 Å². The second-order valence-electron chi connectivity index (χ2n) is 3.86. The highest BCUT2D eigenvalue weighted by Gasteiger charge is 2.12. The summed E-state index contributed by atoms with van der Waals surface area (Å²) in [5.74, 6) is -0.0469. The lowest BCUT2D eigenvalue weighted by Gasteiger charge is -2.16. The molecular weight excluding hydrogens is 175 g/mol. The summed E-state index contributed by atoms with van der Waals surface area (Å²) in [6.45, 7) is 2.18. The predicted molar refractivity (Wildman–Crippen MR) is 57.6 cm³/mol. The van der Waals surface area contributed by atoms with E-state index in [0.717, 1.165) is 30.4 Å². The standard InChI is InChI=1S/C13H15F/c1-2-4-10-7-8-12-11(9-10)5-3-6-13(12)14/h3,5-6,9H,2,4,7-8H2,1H3. The molecule has 0 amide bonds. The van der Waals surface area contributed by atoms with Gasteiger partial charge in [-0.05, 0) is 36.5 Å². The lowest BCUT2D eigenvalue weighted by Crippen LogP contribution is -2.01. The summed E-state index contributed by atoms with van der Waals surface area (Å²) in [7, 11) is 0. The maximum absolute atomic E-state index is 13.4. The van der Waals surface area contributed by atoms with Crippen molar-refractivity contribution in [2.24, 2.45) is 0 Å². The molecule has 0 saturated heterocycles. The molecule has 0 aliphatic heterocycles. The Morgan fingerprint density at radius 3 is 2.93 bits per heavy atom. The molecule has 1 aliphatic carbocycles. The van der Waals surface area contributed by atoms with Gasteiger partial charge in [-0.3, -0.25) is 0 Å². The summed E-state index contributed by atoms with van der Waals surface area (Å²) in [4.78, 5) is 0. The van der Waals surface area contributed by atoms with Crippen molar-refractivity contribution in [3.8, 4) is 0 Å². The van der Waals surface area contributed by atoms with Gasteiger partial charge in [0.15, 0.2) is 0 Å². The second kappa shape index (κ2) is 3.95. The first-order valence-corrected chi connectivity index (χ1v) is 5.28. The Kier molecular flexibility index (Phi) is 2.67. The summed E-state index contributed by atoms with van der Waals surface area (Å²) in [5, 5.41) is 0. The number of hydrogen-bond donors (Lipinski definition) is 0. The minimum atomic E-state index is -0.0469. The molecule has 1 heteroatoms. The molecular formula is C13H15F. The van der Waals surface area contributed by atoms with Crippen LogP contribution in [0.25, 0.3) is 6.08 Å². The Balaban J connectivity index is 2.35. The fraction of sp³-hybridized carbons (Fsp3) is 0.385. The number of halogens is 1. The van der Waals surface area contributed by atoms with E-state index in [1.807, 2.05) is 6.07 Å². The van der Waals surface area contributed by atoms with E-state index >= 15 is 0 Å². The predicted octanol–water partition coefficient (Wildman–Crippen LogP) is 3.96. The molecule has 0 fully saturated rings. The van der Waals surface area contributed by atoms with Gasteiger partial charge < -0.3 is 0 Å². The molecule has 1 aliphatic rings. The molecule has 0 spiro atoms. The smallest absolute Gasteiger partial charge is 0.127 e. The van der Waals surface area contributed by atoms with Crippen molar-refractivity contribution < 1.29 is 4.39 Å². The third-order valence-electron chi connectivity index (χ3n) is 2.78. The average molecular weight is 190 g/mol. The van der Waals surface area contributed by atoms with Crippen LogP contribution in [-0.2, 0) is 6.42 Å². The van der Waals surface area contributed by atoms with Crippen molar-refractivity contribution in [3.05, 3.63) is 40.7 Å². The van der Waals surface area contributed by atoms with Crippen LogP contribution in [0.1, 0.15) is 37.3 Å². The van der Waals surface area contributed by atoms with Gasteiger partial charge in [-0.1, -0.05) is 37.1 Å². The quantitative estimate of drug-likeness (QED) is 0.662. The van der Waals surface area contributed by atoms with Gasteiger partial charge in [-0.25, -0.2) is 4.39 Å². The number of benzene rings is 1. The van der Waals surface area contributed by atoms with Crippen LogP contribution in [0.5, 0.6) is 0 Å². The van der Waals surface area contributed by atoms with Crippen LogP contribution in [0.4, 0.5) is 4.39 Å². The molecule has 74 valence electrons. The van der Waals surface area contributed by atoms with Gasteiger partial charge in [0.25, 0.3) is 0 Å². The van der Waals surface area contributed by atoms with Crippen LogP contribution in [-0.4, -0.2) is 0 Å². The van der Waals surface area contributed by atoms with Crippen molar-refractivity contribution in [1.29, 1.82) is 0 Å². The van der Waals surface area contributed by atoms with Crippen molar-refractivity contribution in [1.82, 2.24) is 0 Å². The van der Waals surface area contributed by atoms with Crippen molar-refractivity contribution in [3.63, 3.8) is 0 Å². The highest BCUT2D eigenvalue weighted by molar-refractivity contribution is 5.59. The Bertz CT molecular complexity index is 363. The minimum Gasteiger partial charge on any atom is -0.207 e. The molecule has 0 saturated carbocycles. The SMILES string of the molecule is CCCC1=Cc2cccc(F)c2CC1. The number of rotatable bonds is 2. The fourth-order valence-corrected chi connectivity index (χ4v) is 2.07. The van der Waals surface area contributed by atoms with Crippen molar-refractivity contribution in [2.75, 3.05) is 0 Å². The zero-order chi connectivity index (χ0) is 9.97. The normalized spacial score (nSPS) is 14.9. The maximum atomic E-state index is 13.4. The largest absolute Gasteiger partial charge is 0.207 e. The fourth-order valence-electron chi connectivity index (χ4n) is 2.07. The summed E-state index contributed by atoms with van der Waals surface area (Å²) >= 11 is 0. The van der Waals surface area contributed by atoms with E-state index in [1.165, 1.54) is 12.0 Å². The molecule has 0 aromatic heterocycles. The third kappa shape index (κ3) is 1.72. The summed E-state index contributed by atoms with van der Waals surface area (Å²) in [6, 6.07) is 5.35. The Morgan fingerprint density at radius 2 is 2.14 bits per heavy atom. The first kappa shape index (κ1) is 9.45. The van der Waals surface area contributed by atoms with Crippen LogP contribution >= 0.6 is 0 Å². The maximum Gasteiger partial charge on any atom is 0.127 e. The Morgan fingerprint density at radius 1 is 1.29 bits per heavy atom. The summed E-state index contributed by atoms with van der Waals surface area (Å²) < 4.78 is 13.4. The van der Waals surface area contributed by atoms with Gasteiger partial charge in [0.1, 0.15) is 5.82 Å². The Labute approximate surface area is 84.5 Å². The number of allylic oxidation sites excluding steroid dienone is 1. The minimum absolute atomic E-state index is 0.0469. The molecule has 2 rings (SSSR count). The summed E-state index contributed by atoms with van der Waals surface area (Å²) in [5.41, 5.74) is 3.44. The first-order chi connectivity index (χ1) is 6.81. The molecule has 1 aromatic carbocycles. The van der Waals surface area contributed by atoms with Gasteiger partial charge in [0, 0.05) is 0 Å². The van der Waals surface area contributed by atoms with E-state index < -0.39 is 0 Å². The van der Waals surface area contributed by atoms with Crippen LogP contribution < -0.4 is 0 Å². The first-order valence-electron chi connectivity index (χ1n) is 5.28. The summed E-state index contributed by atoms with van der Waals surface area (Å²) in [6.07, 6.45) is 6.38. The van der Waals surface area contributed by atoms with Gasteiger partial charge in [-0.2, -0.15) is 0 Å². The molecule has 0 bridgehead atoms. The van der Waals surface area contributed by atoms with Gasteiger partial charge in [-0.15, -0.1) is 0 Å². The van der Waals surface area contributed by atoms with Crippen LogP contribution in [0.15, 0.2) is 23.8 Å². The van der Waals surface area contributed by atoms with Crippen molar-refractivity contribution >= 4 is 6.08 Å². The van der Waals surface area contributed by atoms with Crippen LogP contribution in [0.3, 0.4) is 0 Å². The molecule has 0 N–H and O–H groups in total. The molecule has 0 heterocycles. The van der Waals surface area contributed by atoms with Crippen LogP contribution in [0.2, 0.25) is 0 Å². The van der Waals surface area contributed by atoms with Gasteiger partial charge in [0.2, 0.25) is 0 Å². The lowest BCUT2D eigenvalue weighted by molar-refractivity contribution is 0.605. The zero-order valence-corrected chi connectivity index (χ0v) is 8.52. The molecule has 0 atom stereocenters. The van der Waals surface area contributed by atoms with E-state index in [4.69, 9.17) is 0 Å². The van der Waals surface area contributed by atoms with E-state index in [1.54, 1.807) is 12.1 Å². The van der Waals surface area contributed by atoms with Crippen molar-refractivity contribution in [2.45, 2.75) is 32.6 Å². The highest BCUT2D eigenvalue weighted by Crippen LogP contribution is 2.27. The molecule has 14 heavy (non-hydrogen) atoms. The van der Waals surface area contributed by atoms with Crippen LogP contribution in [0, 0.1) is 5.82 Å². The van der Waals surface area contributed by atoms with Gasteiger partial charge >= 0.3 is 0 Å². The third-order valence-corrected chi connectivity index (χ3v) is 2.78. The van der Waals surface area contributed by atoms with Gasteiger partial charge in [0.05, 0.1) is 0 Å². The zero-order valence-electron chi connectivity index (χ0n) is 8.52. The van der Waals surface area contributed by atoms with E-state index in [0.29, 0.717) is 0 Å². The average Bonchev–Trinajstić information content (AvgIpc) is 2.18.